The van der Waals surface area contributed by atoms with Gasteiger partial charge in [0.05, 0.1) is 30.6 Å². The third kappa shape index (κ3) is 6.33. The Morgan fingerprint density at radius 3 is 2.64 bits per heavy atom. The number of aromatic nitrogens is 2. The molecule has 0 radical (unpaired) electrons. The van der Waals surface area contributed by atoms with Crippen molar-refractivity contribution in [1.29, 1.82) is 5.26 Å². The smallest absolute Gasteiger partial charge is 0.287 e. The maximum atomic E-state index is 12.4. The Balaban J connectivity index is 1.49. The second kappa shape index (κ2) is 12.0. The van der Waals surface area contributed by atoms with Crippen molar-refractivity contribution in [1.82, 2.24) is 15.3 Å². The van der Waals surface area contributed by atoms with E-state index in [-0.39, 0.29) is 28.6 Å². The van der Waals surface area contributed by atoms with Crippen LogP contribution in [0.25, 0.3) is 0 Å². The Morgan fingerprint density at radius 1 is 1.28 bits per heavy atom. The number of fused-ring (bicyclic) bond motifs is 2. The standard InChI is InChI=1S/C28H38N4O4/c1-34-19-27-12-13-28(36-27,20-35-2)16-23(15-27)22(11-10-21-7-4-3-5-8-21)9-6-14-30-26(33)25-31-18-24(17-29)32-25/h6-7,9,11,18,23H,3-5,8,10,12-16,19-20H2,1-2H3,(H,30,33)(H,31,32)/b9-6-,22-11+/t23?,27-,28?/m0/s1. The maximum absolute atomic E-state index is 12.4. The lowest BCUT2D eigenvalue weighted by Crippen LogP contribution is -2.48. The molecule has 3 aliphatic rings. The Kier molecular flexibility index (Phi) is 8.78. The van der Waals surface area contributed by atoms with Crippen LogP contribution in [0, 0.1) is 17.2 Å². The van der Waals surface area contributed by atoms with E-state index in [4.69, 9.17) is 19.5 Å². The molecule has 2 N–H and O–H groups in total. The summed E-state index contributed by atoms with van der Waals surface area (Å²) in [4.78, 5) is 19.0. The van der Waals surface area contributed by atoms with E-state index < -0.39 is 0 Å². The molecule has 2 saturated heterocycles. The van der Waals surface area contributed by atoms with Crippen molar-refractivity contribution in [2.24, 2.45) is 5.92 Å². The van der Waals surface area contributed by atoms with Crippen LogP contribution in [0.4, 0.5) is 0 Å². The van der Waals surface area contributed by atoms with Gasteiger partial charge in [0.2, 0.25) is 0 Å². The molecule has 1 aromatic heterocycles. The average molecular weight is 495 g/mol. The van der Waals surface area contributed by atoms with Crippen LogP contribution in [0.2, 0.25) is 0 Å². The molecule has 1 amide bonds. The number of H-pyrrole nitrogens is 1. The van der Waals surface area contributed by atoms with Crippen molar-refractivity contribution in [3.8, 4) is 6.07 Å². The number of carbonyl (C=O) groups excluding carboxylic acids is 1. The van der Waals surface area contributed by atoms with Gasteiger partial charge in [0, 0.05) is 20.8 Å². The molecule has 2 unspecified atom stereocenters. The molecule has 0 aromatic carbocycles. The summed E-state index contributed by atoms with van der Waals surface area (Å²) in [6.07, 6.45) is 19.9. The molecule has 8 nitrogen and oxygen atoms in total. The second-order valence-corrected chi connectivity index (χ2v) is 10.3. The summed E-state index contributed by atoms with van der Waals surface area (Å²) in [7, 11) is 3.48. The summed E-state index contributed by atoms with van der Waals surface area (Å²) in [5.41, 5.74) is 2.51. The Morgan fingerprint density at radius 2 is 2.03 bits per heavy atom. The molecule has 194 valence electrons. The zero-order chi connectivity index (χ0) is 25.4. The number of ether oxygens (including phenoxy) is 3. The van der Waals surface area contributed by atoms with Gasteiger partial charge in [-0.15, -0.1) is 0 Å². The molecule has 2 aliphatic heterocycles. The van der Waals surface area contributed by atoms with Gasteiger partial charge in [-0.1, -0.05) is 29.9 Å². The van der Waals surface area contributed by atoms with Gasteiger partial charge in [-0.2, -0.15) is 5.26 Å². The van der Waals surface area contributed by atoms with Crippen LogP contribution < -0.4 is 5.32 Å². The van der Waals surface area contributed by atoms with Gasteiger partial charge in [0.15, 0.2) is 5.82 Å². The number of amides is 1. The summed E-state index contributed by atoms with van der Waals surface area (Å²) in [5, 5.41) is 11.8. The summed E-state index contributed by atoms with van der Waals surface area (Å²) in [6, 6.07) is 1.95. The van der Waals surface area contributed by atoms with E-state index in [1.807, 2.05) is 12.1 Å². The number of nitrogens with one attached hydrogen (secondary N) is 2. The average Bonchev–Trinajstić information content (AvgIpc) is 3.47. The number of imidazole rings is 1. The molecule has 2 fully saturated rings. The molecule has 1 aliphatic carbocycles. The molecular weight excluding hydrogens is 456 g/mol. The number of hydrogen-bond donors (Lipinski definition) is 2. The van der Waals surface area contributed by atoms with Gasteiger partial charge in [0.25, 0.3) is 5.91 Å². The molecule has 0 spiro atoms. The van der Waals surface area contributed by atoms with E-state index >= 15 is 0 Å². The first kappa shape index (κ1) is 26.3. The zero-order valence-corrected chi connectivity index (χ0v) is 21.5. The van der Waals surface area contributed by atoms with Crippen molar-refractivity contribution in [3.63, 3.8) is 0 Å². The Hall–Kier alpha value is -2.73. The van der Waals surface area contributed by atoms with Crippen molar-refractivity contribution in [2.75, 3.05) is 34.0 Å². The minimum atomic E-state index is -0.332. The molecule has 0 saturated carbocycles. The number of rotatable bonds is 11. The van der Waals surface area contributed by atoms with Gasteiger partial charge in [0.1, 0.15) is 11.8 Å². The van der Waals surface area contributed by atoms with Crippen molar-refractivity contribution < 1.29 is 19.0 Å². The van der Waals surface area contributed by atoms with Crippen LogP contribution >= 0.6 is 0 Å². The van der Waals surface area contributed by atoms with Crippen LogP contribution in [0.3, 0.4) is 0 Å². The number of methoxy groups -OCH3 is 2. The zero-order valence-electron chi connectivity index (χ0n) is 21.5. The molecule has 3 atom stereocenters. The van der Waals surface area contributed by atoms with Crippen molar-refractivity contribution >= 4 is 5.91 Å². The molecule has 1 aromatic rings. The normalized spacial score (nSPS) is 28.2. The topological polar surface area (TPSA) is 109 Å². The summed E-state index contributed by atoms with van der Waals surface area (Å²) in [6.45, 7) is 1.54. The predicted octanol–water partition coefficient (Wildman–Crippen LogP) is 4.38. The summed E-state index contributed by atoms with van der Waals surface area (Å²) >= 11 is 0. The van der Waals surface area contributed by atoms with Gasteiger partial charge < -0.3 is 24.5 Å². The molecule has 8 heteroatoms. The fourth-order valence-corrected chi connectivity index (χ4v) is 5.99. The van der Waals surface area contributed by atoms with Crippen LogP contribution in [0.1, 0.15) is 74.1 Å². The van der Waals surface area contributed by atoms with Crippen molar-refractivity contribution in [3.05, 3.63) is 53.2 Å². The molecule has 4 rings (SSSR count). The molecule has 3 heterocycles. The summed E-state index contributed by atoms with van der Waals surface area (Å²) < 4.78 is 17.8. The SMILES string of the molecule is COCC12CC[C@@](COC)(CC(C(/C=C\CNC(=O)c3ncc(C#N)[nH]3)=C/CC3=CCCCC3)C1)O2. The highest BCUT2D eigenvalue weighted by atomic mass is 16.6. The number of hydrogen-bond acceptors (Lipinski definition) is 6. The Bertz CT molecular complexity index is 1030. The number of carbonyl (C=O) groups is 1. The lowest BCUT2D eigenvalue weighted by molar-refractivity contribution is -0.188. The molecular formula is C28H38N4O4. The van der Waals surface area contributed by atoms with E-state index in [0.717, 1.165) is 32.1 Å². The van der Waals surface area contributed by atoms with Gasteiger partial charge in [-0.05, 0) is 69.3 Å². The molecule has 2 bridgehead atoms. The van der Waals surface area contributed by atoms with Gasteiger partial charge in [-0.3, -0.25) is 4.79 Å². The van der Waals surface area contributed by atoms with Crippen LogP contribution in [0.15, 0.2) is 41.6 Å². The van der Waals surface area contributed by atoms with Gasteiger partial charge >= 0.3 is 0 Å². The quantitative estimate of drug-likeness (QED) is 0.349. The second-order valence-electron chi connectivity index (χ2n) is 10.3. The lowest BCUT2D eigenvalue weighted by atomic mass is 9.78. The van der Waals surface area contributed by atoms with Crippen molar-refractivity contribution in [2.45, 2.75) is 69.0 Å². The first-order valence-electron chi connectivity index (χ1n) is 13.0. The van der Waals surface area contributed by atoms with E-state index in [9.17, 15) is 4.79 Å². The number of allylic oxidation sites excluding steroid dienone is 5. The fourth-order valence-electron chi connectivity index (χ4n) is 5.99. The third-order valence-electron chi connectivity index (χ3n) is 7.58. The van der Waals surface area contributed by atoms with E-state index in [1.54, 1.807) is 14.2 Å². The lowest BCUT2D eigenvalue weighted by Gasteiger charge is -2.44. The minimum Gasteiger partial charge on any atom is -0.382 e. The number of nitrogens with zero attached hydrogens (tertiary/aromatic N) is 2. The highest BCUT2D eigenvalue weighted by Gasteiger charge is 2.55. The number of nitriles is 1. The summed E-state index contributed by atoms with van der Waals surface area (Å²) in [5.74, 6) is 0.135. The predicted molar refractivity (Wildman–Crippen MR) is 136 cm³/mol. The third-order valence-corrected chi connectivity index (χ3v) is 7.58. The van der Waals surface area contributed by atoms with Crippen LogP contribution in [-0.2, 0) is 14.2 Å². The van der Waals surface area contributed by atoms with E-state index in [1.165, 1.54) is 43.0 Å². The van der Waals surface area contributed by atoms with Crippen LogP contribution in [0.5, 0.6) is 0 Å². The highest BCUT2D eigenvalue weighted by molar-refractivity contribution is 5.90. The van der Waals surface area contributed by atoms with Gasteiger partial charge in [-0.25, -0.2) is 4.98 Å². The first-order chi connectivity index (χ1) is 17.5. The monoisotopic (exact) mass is 494 g/mol. The van der Waals surface area contributed by atoms with Crippen LogP contribution in [-0.4, -0.2) is 61.1 Å². The minimum absolute atomic E-state index is 0.143. The van der Waals surface area contributed by atoms with E-state index in [0.29, 0.717) is 25.7 Å². The fraction of sp³-hybridized carbons (Fsp3) is 0.607. The largest absolute Gasteiger partial charge is 0.382 e. The highest BCUT2D eigenvalue weighted by Crippen LogP contribution is 2.52. The van der Waals surface area contributed by atoms with E-state index in [2.05, 4.69) is 33.5 Å². The maximum Gasteiger partial charge on any atom is 0.287 e. The Labute approximate surface area is 213 Å². The molecule has 36 heavy (non-hydrogen) atoms. The number of aromatic amines is 1. The first-order valence-corrected chi connectivity index (χ1v) is 13.0.